The van der Waals surface area contributed by atoms with Crippen LogP contribution in [0.25, 0.3) is 0 Å². The van der Waals surface area contributed by atoms with Crippen molar-refractivity contribution in [1.29, 1.82) is 0 Å². The third kappa shape index (κ3) is 10.8. The summed E-state index contributed by atoms with van der Waals surface area (Å²) in [4.78, 5) is 15.6. The maximum atomic E-state index is 11.4. The number of nitrogens with zero attached hydrogens (tertiary/aromatic N) is 1. The molecule has 0 unspecified atom stereocenters. The molecule has 7 heteroatoms. The molecule has 0 saturated carbocycles. The first kappa shape index (κ1) is 21.5. The van der Waals surface area contributed by atoms with E-state index in [1.165, 1.54) is 0 Å². The minimum absolute atomic E-state index is 0. The van der Waals surface area contributed by atoms with Crippen LogP contribution >= 0.6 is 24.0 Å². The standard InChI is InChI=1S/C16H26N4O2.HI/c1-12-7-5-8-13(11-12)20-14(17)18-9-6-10-19-15(21)22-16(2,3)4;/h5,7-8,11H,6,9-10H2,1-4H3,(H,19,21)(H3,17,18,20);1H. The molecule has 1 amide bonds. The minimum atomic E-state index is -0.482. The zero-order valence-corrected chi connectivity index (χ0v) is 16.5. The number of carbonyl (C=O) groups excluding carboxylic acids is 1. The molecule has 1 aromatic rings. The number of rotatable bonds is 5. The summed E-state index contributed by atoms with van der Waals surface area (Å²) in [5, 5.41) is 5.71. The largest absolute Gasteiger partial charge is 0.444 e. The molecule has 1 aromatic carbocycles. The lowest BCUT2D eigenvalue weighted by Crippen LogP contribution is -2.33. The second-order valence-corrected chi connectivity index (χ2v) is 6.04. The Bertz CT molecular complexity index is 527. The number of aryl methyl sites for hydroxylation is 1. The molecule has 1 rings (SSSR count). The zero-order valence-electron chi connectivity index (χ0n) is 14.2. The average molecular weight is 434 g/mol. The highest BCUT2D eigenvalue weighted by molar-refractivity contribution is 14.0. The molecule has 0 aliphatic rings. The van der Waals surface area contributed by atoms with Crippen LogP contribution < -0.4 is 16.4 Å². The smallest absolute Gasteiger partial charge is 0.407 e. The average Bonchev–Trinajstić information content (AvgIpc) is 2.36. The number of aliphatic imine (C=N–C) groups is 1. The topological polar surface area (TPSA) is 88.7 Å². The van der Waals surface area contributed by atoms with Crippen molar-refractivity contribution in [3.8, 4) is 0 Å². The van der Waals surface area contributed by atoms with Crippen LogP contribution in [0.15, 0.2) is 29.3 Å². The van der Waals surface area contributed by atoms with Crippen molar-refractivity contribution in [2.24, 2.45) is 10.7 Å². The molecule has 0 bridgehead atoms. The van der Waals surface area contributed by atoms with Gasteiger partial charge < -0.3 is 21.1 Å². The zero-order chi connectivity index (χ0) is 16.6. The number of alkyl carbamates (subject to hydrolysis) is 1. The van der Waals surface area contributed by atoms with Gasteiger partial charge in [-0.2, -0.15) is 0 Å². The number of guanidine groups is 1. The van der Waals surface area contributed by atoms with Gasteiger partial charge in [0.25, 0.3) is 0 Å². The van der Waals surface area contributed by atoms with E-state index in [0.717, 1.165) is 11.3 Å². The summed E-state index contributed by atoms with van der Waals surface area (Å²) in [6.45, 7) is 8.52. The number of amides is 1. The van der Waals surface area contributed by atoms with Crippen LogP contribution in [-0.2, 0) is 4.74 Å². The Labute approximate surface area is 155 Å². The number of anilines is 1. The first-order chi connectivity index (χ1) is 10.3. The number of halogens is 1. The lowest BCUT2D eigenvalue weighted by molar-refractivity contribution is 0.0527. The van der Waals surface area contributed by atoms with Gasteiger partial charge in [-0.3, -0.25) is 4.99 Å². The summed E-state index contributed by atoms with van der Waals surface area (Å²) >= 11 is 0. The minimum Gasteiger partial charge on any atom is -0.444 e. The van der Waals surface area contributed by atoms with Gasteiger partial charge in [-0.05, 0) is 51.8 Å². The number of nitrogens with one attached hydrogen (secondary N) is 2. The van der Waals surface area contributed by atoms with Gasteiger partial charge >= 0.3 is 6.09 Å². The molecule has 0 aromatic heterocycles. The highest BCUT2D eigenvalue weighted by Gasteiger charge is 2.15. The van der Waals surface area contributed by atoms with Crippen LogP contribution in [0.5, 0.6) is 0 Å². The van der Waals surface area contributed by atoms with Crippen LogP contribution in [0.3, 0.4) is 0 Å². The molecule has 0 fully saturated rings. The van der Waals surface area contributed by atoms with E-state index in [0.29, 0.717) is 25.5 Å². The monoisotopic (exact) mass is 434 g/mol. The van der Waals surface area contributed by atoms with Crippen LogP contribution in [0.4, 0.5) is 10.5 Å². The van der Waals surface area contributed by atoms with Crippen molar-refractivity contribution in [2.75, 3.05) is 18.4 Å². The molecule has 0 aliphatic heterocycles. The Morgan fingerprint density at radius 3 is 2.65 bits per heavy atom. The maximum Gasteiger partial charge on any atom is 0.407 e. The van der Waals surface area contributed by atoms with E-state index >= 15 is 0 Å². The third-order valence-electron chi connectivity index (χ3n) is 2.58. The molecular formula is C16H27IN4O2. The van der Waals surface area contributed by atoms with E-state index in [4.69, 9.17) is 10.5 Å². The van der Waals surface area contributed by atoms with E-state index in [2.05, 4.69) is 15.6 Å². The summed E-state index contributed by atoms with van der Waals surface area (Å²) in [5.74, 6) is 0.364. The quantitative estimate of drug-likeness (QED) is 0.287. The second-order valence-electron chi connectivity index (χ2n) is 6.04. The Balaban J connectivity index is 0.00000484. The number of nitrogens with two attached hydrogens (primary N) is 1. The van der Waals surface area contributed by atoms with Gasteiger partial charge in [0.2, 0.25) is 0 Å². The number of hydrogen-bond acceptors (Lipinski definition) is 3. The number of carbonyl (C=O) groups is 1. The molecule has 0 aliphatic carbocycles. The second kappa shape index (κ2) is 10.3. The summed E-state index contributed by atoms with van der Waals surface area (Å²) < 4.78 is 5.13. The summed E-state index contributed by atoms with van der Waals surface area (Å²) in [5.41, 5.74) is 7.39. The van der Waals surface area contributed by atoms with E-state index < -0.39 is 11.7 Å². The Morgan fingerprint density at radius 1 is 1.35 bits per heavy atom. The first-order valence-electron chi connectivity index (χ1n) is 7.37. The molecule has 6 nitrogen and oxygen atoms in total. The lowest BCUT2D eigenvalue weighted by atomic mass is 10.2. The van der Waals surface area contributed by atoms with Crippen molar-refractivity contribution in [3.63, 3.8) is 0 Å². The van der Waals surface area contributed by atoms with Crippen molar-refractivity contribution >= 4 is 41.7 Å². The van der Waals surface area contributed by atoms with E-state index in [1.807, 2.05) is 52.0 Å². The van der Waals surface area contributed by atoms with Crippen LogP contribution in [0.2, 0.25) is 0 Å². The van der Waals surface area contributed by atoms with Gasteiger partial charge in [0.05, 0.1) is 0 Å². The predicted molar refractivity (Wildman–Crippen MR) is 106 cm³/mol. The Morgan fingerprint density at radius 2 is 2.04 bits per heavy atom. The van der Waals surface area contributed by atoms with Crippen molar-refractivity contribution < 1.29 is 9.53 Å². The molecule has 0 spiro atoms. The van der Waals surface area contributed by atoms with Gasteiger partial charge in [0.1, 0.15) is 5.60 Å². The summed E-state index contributed by atoms with van der Waals surface area (Å²) in [6, 6.07) is 7.89. The van der Waals surface area contributed by atoms with Crippen LogP contribution in [0.1, 0.15) is 32.8 Å². The number of hydrogen-bond donors (Lipinski definition) is 3. The molecule has 0 heterocycles. The molecule has 4 N–H and O–H groups in total. The van der Waals surface area contributed by atoms with Gasteiger partial charge in [-0.1, -0.05) is 12.1 Å². The molecule has 0 radical (unpaired) electrons. The van der Waals surface area contributed by atoms with Crippen LogP contribution in [-0.4, -0.2) is 30.7 Å². The van der Waals surface area contributed by atoms with Gasteiger partial charge in [0.15, 0.2) is 5.96 Å². The van der Waals surface area contributed by atoms with E-state index in [-0.39, 0.29) is 24.0 Å². The maximum absolute atomic E-state index is 11.4. The fourth-order valence-electron chi connectivity index (χ4n) is 1.69. The van der Waals surface area contributed by atoms with Crippen molar-refractivity contribution in [2.45, 2.75) is 39.7 Å². The highest BCUT2D eigenvalue weighted by Crippen LogP contribution is 2.08. The number of ether oxygens (including phenoxy) is 1. The fourth-order valence-corrected chi connectivity index (χ4v) is 1.69. The molecule has 23 heavy (non-hydrogen) atoms. The summed E-state index contributed by atoms with van der Waals surface area (Å²) in [7, 11) is 0. The molecule has 130 valence electrons. The normalized spacial score (nSPS) is 11.4. The lowest BCUT2D eigenvalue weighted by Gasteiger charge is -2.19. The predicted octanol–water partition coefficient (Wildman–Crippen LogP) is 3.25. The van der Waals surface area contributed by atoms with Gasteiger partial charge in [0, 0.05) is 18.8 Å². The molecule has 0 saturated heterocycles. The van der Waals surface area contributed by atoms with Crippen molar-refractivity contribution in [1.82, 2.24) is 5.32 Å². The van der Waals surface area contributed by atoms with E-state index in [9.17, 15) is 4.79 Å². The Kier molecular flexibility index (Phi) is 9.62. The Hall–Kier alpha value is -1.51. The first-order valence-corrected chi connectivity index (χ1v) is 7.37. The SMILES string of the molecule is Cc1cccc(NC(N)=NCCCNC(=O)OC(C)(C)C)c1.I. The van der Waals surface area contributed by atoms with Gasteiger partial charge in [-0.25, -0.2) is 4.79 Å². The van der Waals surface area contributed by atoms with Crippen LogP contribution in [0, 0.1) is 6.92 Å². The highest BCUT2D eigenvalue weighted by atomic mass is 127. The van der Waals surface area contributed by atoms with Gasteiger partial charge in [-0.15, -0.1) is 24.0 Å². The number of benzene rings is 1. The molecular weight excluding hydrogens is 407 g/mol. The third-order valence-corrected chi connectivity index (χ3v) is 2.58. The molecule has 0 atom stereocenters. The van der Waals surface area contributed by atoms with E-state index in [1.54, 1.807) is 0 Å². The fraction of sp³-hybridized carbons (Fsp3) is 0.500. The summed E-state index contributed by atoms with van der Waals surface area (Å²) in [6.07, 6.45) is 0.275. The van der Waals surface area contributed by atoms with Crippen molar-refractivity contribution in [3.05, 3.63) is 29.8 Å².